The highest BCUT2D eigenvalue weighted by Gasteiger charge is 2.65. The second-order valence-corrected chi connectivity index (χ2v) is 8.10. The summed E-state index contributed by atoms with van der Waals surface area (Å²) in [6.07, 6.45) is -6.77. The van der Waals surface area contributed by atoms with Crippen molar-refractivity contribution >= 4 is 11.6 Å². The van der Waals surface area contributed by atoms with Crippen LogP contribution in [-0.4, -0.2) is 52.7 Å². The van der Waals surface area contributed by atoms with Gasteiger partial charge in [-0.15, -0.1) is 0 Å². The Morgan fingerprint density at radius 1 is 1.32 bits per heavy atom. The molecule has 0 aliphatic carbocycles. The molecular formula is C22H23F5N2O5. The molecule has 1 aliphatic rings. The van der Waals surface area contributed by atoms with Gasteiger partial charge in [-0.1, -0.05) is 13.0 Å². The van der Waals surface area contributed by atoms with Gasteiger partial charge in [-0.3, -0.25) is 9.78 Å². The number of benzene rings is 1. The summed E-state index contributed by atoms with van der Waals surface area (Å²) in [5.41, 5.74) is -2.87. The average Bonchev–Trinajstić information content (AvgIpc) is 3.07. The van der Waals surface area contributed by atoms with E-state index >= 15 is 0 Å². The number of carbonyl (C=O) groups excluding carboxylic acids is 1. The van der Waals surface area contributed by atoms with Gasteiger partial charge in [0.05, 0.1) is 19.4 Å². The number of pyridine rings is 1. The minimum atomic E-state index is -4.89. The van der Waals surface area contributed by atoms with Crippen molar-refractivity contribution in [3.63, 3.8) is 0 Å². The zero-order chi connectivity index (χ0) is 25.4. The van der Waals surface area contributed by atoms with E-state index in [0.717, 1.165) is 26.2 Å². The molecule has 1 fully saturated rings. The summed E-state index contributed by atoms with van der Waals surface area (Å²) in [5.74, 6) is -7.04. The lowest BCUT2D eigenvalue weighted by Crippen LogP contribution is -2.47. The Balaban J connectivity index is 2.05. The zero-order valence-electron chi connectivity index (χ0n) is 18.4. The SMILES string of the molecule is COc1c([C@@H]2[C@@H](C(=O)Nc3ccnc([C@@H](O)CO)c3)O[C@](C)(C(F)(F)F)[C@@H]2C)ccc(F)c1F. The van der Waals surface area contributed by atoms with Crippen molar-refractivity contribution in [1.82, 2.24) is 4.98 Å². The van der Waals surface area contributed by atoms with Crippen molar-refractivity contribution in [2.24, 2.45) is 5.92 Å². The molecule has 7 nitrogen and oxygen atoms in total. The third-order valence-electron chi connectivity index (χ3n) is 6.13. The number of halogens is 5. The highest BCUT2D eigenvalue weighted by atomic mass is 19.4. The molecule has 0 bridgehead atoms. The van der Waals surface area contributed by atoms with Gasteiger partial charge < -0.3 is 25.0 Å². The Morgan fingerprint density at radius 2 is 2.00 bits per heavy atom. The number of aliphatic hydroxyl groups is 2. The lowest BCUT2D eigenvalue weighted by atomic mass is 9.77. The zero-order valence-corrected chi connectivity index (χ0v) is 18.4. The maximum absolute atomic E-state index is 14.4. The van der Waals surface area contributed by atoms with Crippen molar-refractivity contribution in [2.45, 2.75) is 43.8 Å². The lowest BCUT2D eigenvalue weighted by molar-refractivity contribution is -0.272. The van der Waals surface area contributed by atoms with E-state index in [9.17, 15) is 31.9 Å². The first-order chi connectivity index (χ1) is 15.9. The molecule has 3 rings (SSSR count). The van der Waals surface area contributed by atoms with Crippen LogP contribution in [0.4, 0.5) is 27.6 Å². The fraction of sp³-hybridized carbons (Fsp3) is 0.455. The van der Waals surface area contributed by atoms with Gasteiger partial charge in [0, 0.05) is 29.3 Å². The second kappa shape index (κ2) is 9.43. The van der Waals surface area contributed by atoms with Crippen molar-refractivity contribution in [3.8, 4) is 5.75 Å². The largest absolute Gasteiger partial charge is 0.493 e. The third-order valence-corrected chi connectivity index (χ3v) is 6.13. The Kier molecular flexibility index (Phi) is 7.15. The summed E-state index contributed by atoms with van der Waals surface area (Å²) < 4.78 is 80.3. The molecule has 0 radical (unpaired) electrons. The molecule has 186 valence electrons. The standard InChI is InChI=1S/C22H23F5N2O5/c1-10-16(12-4-5-13(23)17(24)18(12)33-3)19(34-21(10,2)22(25,26)27)20(32)29-11-6-7-28-14(8-11)15(31)9-30/h4-8,10,15-16,19,30-31H,9H2,1-3H3,(H,28,29,32)/t10-,15+,16-,19+,21+/m1/s1. The number of aromatic nitrogens is 1. The number of aliphatic hydroxyl groups excluding tert-OH is 2. The van der Waals surface area contributed by atoms with Gasteiger partial charge in [0.25, 0.3) is 5.91 Å². The van der Waals surface area contributed by atoms with Crippen LogP contribution < -0.4 is 10.1 Å². The number of carbonyl (C=O) groups is 1. The summed E-state index contributed by atoms with van der Waals surface area (Å²) in [6, 6.07) is 4.35. The molecule has 0 saturated carbocycles. The highest BCUT2D eigenvalue weighted by molar-refractivity contribution is 5.95. The van der Waals surface area contributed by atoms with E-state index in [-0.39, 0.29) is 16.9 Å². The number of methoxy groups -OCH3 is 1. The Labute approximate surface area is 191 Å². The van der Waals surface area contributed by atoms with Crippen LogP contribution in [0.2, 0.25) is 0 Å². The highest BCUT2D eigenvalue weighted by Crippen LogP contribution is 2.55. The molecule has 1 aromatic carbocycles. The first-order valence-corrected chi connectivity index (χ1v) is 10.2. The van der Waals surface area contributed by atoms with E-state index in [4.69, 9.17) is 14.6 Å². The molecule has 3 N–H and O–H groups in total. The maximum atomic E-state index is 14.4. The van der Waals surface area contributed by atoms with Crippen LogP contribution in [0.5, 0.6) is 5.75 Å². The summed E-state index contributed by atoms with van der Waals surface area (Å²) in [5, 5.41) is 21.2. The number of rotatable bonds is 6. The topological polar surface area (TPSA) is 101 Å². The number of hydrogen-bond acceptors (Lipinski definition) is 6. The first-order valence-electron chi connectivity index (χ1n) is 10.2. The van der Waals surface area contributed by atoms with E-state index in [1.807, 2.05) is 0 Å². The fourth-order valence-corrected chi connectivity index (χ4v) is 4.06. The number of anilines is 1. The smallest absolute Gasteiger partial charge is 0.417 e. The Morgan fingerprint density at radius 3 is 2.59 bits per heavy atom. The van der Waals surface area contributed by atoms with Crippen LogP contribution in [-0.2, 0) is 9.53 Å². The van der Waals surface area contributed by atoms with E-state index in [1.165, 1.54) is 25.3 Å². The molecule has 1 amide bonds. The van der Waals surface area contributed by atoms with Gasteiger partial charge in [0.15, 0.2) is 17.2 Å². The minimum Gasteiger partial charge on any atom is -0.493 e. The number of ether oxygens (including phenoxy) is 2. The van der Waals surface area contributed by atoms with E-state index < -0.39 is 65.7 Å². The van der Waals surface area contributed by atoms with Crippen LogP contribution in [0.25, 0.3) is 0 Å². The molecule has 2 aromatic rings. The Hall–Kier alpha value is -2.83. The quantitative estimate of drug-likeness (QED) is 0.537. The van der Waals surface area contributed by atoms with E-state index in [0.29, 0.717) is 0 Å². The number of nitrogens with one attached hydrogen (secondary N) is 1. The summed E-state index contributed by atoms with van der Waals surface area (Å²) in [7, 11) is 1.03. The molecule has 1 aromatic heterocycles. The molecule has 1 saturated heterocycles. The van der Waals surface area contributed by atoms with Gasteiger partial charge in [-0.25, -0.2) is 4.39 Å². The number of nitrogens with zero attached hydrogens (tertiary/aromatic N) is 1. The predicted molar refractivity (Wildman–Crippen MR) is 109 cm³/mol. The normalized spacial score (nSPS) is 25.8. The molecule has 2 heterocycles. The molecular weight excluding hydrogens is 467 g/mol. The molecule has 1 aliphatic heterocycles. The van der Waals surface area contributed by atoms with Crippen LogP contribution in [0.3, 0.4) is 0 Å². The third kappa shape index (κ3) is 4.44. The van der Waals surface area contributed by atoms with Crippen LogP contribution >= 0.6 is 0 Å². The van der Waals surface area contributed by atoms with Crippen LogP contribution in [0.1, 0.15) is 37.1 Å². The molecule has 34 heavy (non-hydrogen) atoms. The van der Waals surface area contributed by atoms with Crippen molar-refractivity contribution in [1.29, 1.82) is 0 Å². The molecule has 12 heteroatoms. The lowest BCUT2D eigenvalue weighted by Gasteiger charge is -2.32. The maximum Gasteiger partial charge on any atom is 0.417 e. The average molecular weight is 490 g/mol. The monoisotopic (exact) mass is 490 g/mol. The van der Waals surface area contributed by atoms with Gasteiger partial charge in [0.1, 0.15) is 12.2 Å². The van der Waals surface area contributed by atoms with E-state index in [1.54, 1.807) is 0 Å². The number of amides is 1. The molecule has 5 atom stereocenters. The van der Waals surface area contributed by atoms with Gasteiger partial charge >= 0.3 is 6.18 Å². The van der Waals surface area contributed by atoms with Gasteiger partial charge in [-0.05, 0) is 25.1 Å². The first kappa shape index (κ1) is 25.8. The minimum absolute atomic E-state index is 0.0139. The summed E-state index contributed by atoms with van der Waals surface area (Å²) in [4.78, 5) is 17.0. The summed E-state index contributed by atoms with van der Waals surface area (Å²) in [6.45, 7) is 1.34. The number of alkyl halides is 3. The molecule has 0 unspecified atom stereocenters. The fourth-order valence-electron chi connectivity index (χ4n) is 4.06. The van der Waals surface area contributed by atoms with Gasteiger partial charge in [-0.2, -0.15) is 17.6 Å². The second-order valence-electron chi connectivity index (χ2n) is 8.10. The van der Waals surface area contributed by atoms with Crippen LogP contribution in [0, 0.1) is 17.6 Å². The van der Waals surface area contributed by atoms with Crippen LogP contribution in [0.15, 0.2) is 30.5 Å². The van der Waals surface area contributed by atoms with Gasteiger partial charge in [0.2, 0.25) is 5.82 Å². The van der Waals surface area contributed by atoms with Crippen molar-refractivity contribution in [3.05, 3.63) is 53.4 Å². The number of hydrogen-bond donors (Lipinski definition) is 3. The summed E-state index contributed by atoms with van der Waals surface area (Å²) >= 11 is 0. The van der Waals surface area contributed by atoms with Crippen molar-refractivity contribution < 1.29 is 46.4 Å². The Bertz CT molecular complexity index is 1070. The van der Waals surface area contributed by atoms with E-state index in [2.05, 4.69) is 10.3 Å². The molecule has 0 spiro atoms. The van der Waals surface area contributed by atoms with Crippen molar-refractivity contribution in [2.75, 3.05) is 19.0 Å². The predicted octanol–water partition coefficient (Wildman–Crippen LogP) is 3.47.